The summed E-state index contributed by atoms with van der Waals surface area (Å²) in [5, 5.41) is 4.25. The van der Waals surface area contributed by atoms with Crippen molar-refractivity contribution in [3.05, 3.63) is 11.6 Å². The number of hydrogen-bond donors (Lipinski definition) is 1. The average Bonchev–Trinajstić information content (AvgIpc) is 2.56. The number of nitrogens with zero attached hydrogens (tertiary/aromatic N) is 1. The van der Waals surface area contributed by atoms with Crippen LogP contribution in [0.1, 0.15) is 26.2 Å². The van der Waals surface area contributed by atoms with E-state index in [1.54, 1.807) is 0 Å². The van der Waals surface area contributed by atoms with Gasteiger partial charge in [0.1, 0.15) is 0 Å². The molecule has 0 bridgehead atoms. The van der Waals surface area contributed by atoms with E-state index < -0.39 is 0 Å². The van der Waals surface area contributed by atoms with Crippen LogP contribution in [0.4, 0.5) is 0 Å². The molecule has 0 amide bonds. The smallest absolute Gasteiger partial charge is 0.0336 e. The summed E-state index contributed by atoms with van der Waals surface area (Å²) in [4.78, 5) is 2.39. The summed E-state index contributed by atoms with van der Waals surface area (Å²) in [7, 11) is 0. The fraction of sp³-hybridized carbons (Fsp3) is 0.818. The summed E-state index contributed by atoms with van der Waals surface area (Å²) < 4.78 is 0. The molecule has 1 aliphatic rings. The molecule has 0 aromatic rings. The maximum Gasteiger partial charge on any atom is 0.0336 e. The van der Waals surface area contributed by atoms with Gasteiger partial charge in [-0.25, -0.2) is 0 Å². The van der Waals surface area contributed by atoms with Crippen molar-refractivity contribution in [3.63, 3.8) is 0 Å². The zero-order valence-electron chi connectivity index (χ0n) is 9.06. The molecule has 1 saturated heterocycles. The first kappa shape index (κ1) is 12.0. The van der Waals surface area contributed by atoms with Crippen LogP contribution in [0.3, 0.4) is 0 Å². The molecule has 14 heavy (non-hydrogen) atoms. The lowest BCUT2D eigenvalue weighted by Gasteiger charge is -2.24. The van der Waals surface area contributed by atoms with Crippen molar-refractivity contribution < 1.29 is 0 Å². The van der Waals surface area contributed by atoms with Crippen LogP contribution in [0, 0.1) is 0 Å². The van der Waals surface area contributed by atoms with Gasteiger partial charge in [0.25, 0.3) is 0 Å². The largest absolute Gasteiger partial charge is 0.313 e. The van der Waals surface area contributed by atoms with Crippen molar-refractivity contribution in [2.24, 2.45) is 0 Å². The molecule has 1 unspecified atom stereocenters. The maximum absolute atomic E-state index is 5.84. The van der Waals surface area contributed by atoms with E-state index >= 15 is 0 Å². The number of nitrogens with one attached hydrogen (secondary N) is 1. The molecule has 0 aliphatic carbocycles. The molecule has 82 valence electrons. The summed E-state index contributed by atoms with van der Waals surface area (Å²) in [6.45, 7) is 10.2. The fourth-order valence-corrected chi connectivity index (χ4v) is 2.19. The SMILES string of the molecule is C=C(Cl)CN(CCC)CC1CCCN1. The van der Waals surface area contributed by atoms with Crippen molar-refractivity contribution in [2.45, 2.75) is 32.2 Å². The van der Waals surface area contributed by atoms with Gasteiger partial charge in [0.05, 0.1) is 0 Å². The molecule has 1 fully saturated rings. The normalized spacial score (nSPS) is 21.8. The summed E-state index contributed by atoms with van der Waals surface area (Å²) in [6, 6.07) is 0.664. The van der Waals surface area contributed by atoms with Gasteiger partial charge in [-0.3, -0.25) is 4.90 Å². The van der Waals surface area contributed by atoms with Gasteiger partial charge in [-0.15, -0.1) is 0 Å². The van der Waals surface area contributed by atoms with Crippen molar-refractivity contribution in [3.8, 4) is 0 Å². The number of hydrogen-bond acceptors (Lipinski definition) is 2. The second-order valence-corrected chi connectivity index (χ2v) is 4.58. The van der Waals surface area contributed by atoms with Gasteiger partial charge in [0.2, 0.25) is 0 Å². The molecule has 0 aromatic heterocycles. The Morgan fingerprint density at radius 3 is 2.93 bits per heavy atom. The first-order valence-electron chi connectivity index (χ1n) is 5.51. The monoisotopic (exact) mass is 216 g/mol. The molecule has 1 rings (SSSR count). The van der Waals surface area contributed by atoms with Gasteiger partial charge < -0.3 is 5.32 Å². The lowest BCUT2D eigenvalue weighted by atomic mass is 10.2. The predicted octanol–water partition coefficient (Wildman–Crippen LogP) is 2.20. The molecule has 0 radical (unpaired) electrons. The third-order valence-corrected chi connectivity index (χ3v) is 2.70. The van der Waals surface area contributed by atoms with Gasteiger partial charge >= 0.3 is 0 Å². The van der Waals surface area contributed by atoms with E-state index in [1.807, 2.05) is 0 Å². The van der Waals surface area contributed by atoms with Crippen LogP contribution in [0.15, 0.2) is 11.6 Å². The Morgan fingerprint density at radius 1 is 1.64 bits per heavy atom. The lowest BCUT2D eigenvalue weighted by molar-refractivity contribution is 0.272. The molecule has 1 atom stereocenters. The number of rotatable bonds is 6. The first-order valence-corrected chi connectivity index (χ1v) is 5.89. The van der Waals surface area contributed by atoms with Crippen molar-refractivity contribution >= 4 is 11.6 Å². The fourth-order valence-electron chi connectivity index (χ4n) is 2.02. The van der Waals surface area contributed by atoms with Gasteiger partial charge in [-0.05, 0) is 32.4 Å². The molecule has 3 heteroatoms. The Kier molecular flexibility index (Phi) is 5.53. The van der Waals surface area contributed by atoms with Gasteiger partial charge in [0.15, 0.2) is 0 Å². The highest BCUT2D eigenvalue weighted by Crippen LogP contribution is 2.09. The van der Waals surface area contributed by atoms with E-state index in [1.165, 1.54) is 25.8 Å². The molecule has 0 saturated carbocycles. The Hall–Kier alpha value is -0.0500. The van der Waals surface area contributed by atoms with E-state index in [0.717, 1.165) is 24.7 Å². The zero-order chi connectivity index (χ0) is 10.4. The Morgan fingerprint density at radius 2 is 2.43 bits per heavy atom. The third-order valence-electron chi connectivity index (χ3n) is 2.58. The van der Waals surface area contributed by atoms with E-state index in [2.05, 4.69) is 23.7 Å². The first-order chi connectivity index (χ1) is 6.72. The van der Waals surface area contributed by atoms with Crippen LogP contribution in [0.2, 0.25) is 0 Å². The van der Waals surface area contributed by atoms with E-state index in [-0.39, 0.29) is 0 Å². The Balaban J connectivity index is 2.29. The molecular weight excluding hydrogens is 196 g/mol. The van der Waals surface area contributed by atoms with E-state index in [0.29, 0.717) is 6.04 Å². The van der Waals surface area contributed by atoms with Crippen LogP contribution in [-0.4, -0.2) is 37.1 Å². The molecule has 0 aromatic carbocycles. The van der Waals surface area contributed by atoms with Crippen LogP contribution < -0.4 is 5.32 Å². The van der Waals surface area contributed by atoms with Gasteiger partial charge in [-0.1, -0.05) is 25.1 Å². The molecule has 1 heterocycles. The highest BCUT2D eigenvalue weighted by molar-refractivity contribution is 6.29. The standard InChI is InChI=1S/C11H21ClN2/c1-3-7-14(8-10(2)12)9-11-5-4-6-13-11/h11,13H,2-9H2,1H3. The minimum Gasteiger partial charge on any atom is -0.313 e. The molecule has 1 N–H and O–H groups in total. The lowest BCUT2D eigenvalue weighted by Crippen LogP contribution is -2.38. The quantitative estimate of drug-likeness (QED) is 0.733. The summed E-state index contributed by atoms with van der Waals surface area (Å²) in [5.74, 6) is 0. The van der Waals surface area contributed by atoms with Crippen LogP contribution in [0.5, 0.6) is 0 Å². The van der Waals surface area contributed by atoms with E-state index in [9.17, 15) is 0 Å². The molecular formula is C11H21ClN2. The van der Waals surface area contributed by atoms with Crippen molar-refractivity contribution in [2.75, 3.05) is 26.2 Å². The Labute approximate surface area is 92.3 Å². The van der Waals surface area contributed by atoms with E-state index in [4.69, 9.17) is 11.6 Å². The van der Waals surface area contributed by atoms with Crippen LogP contribution in [0.25, 0.3) is 0 Å². The predicted molar refractivity (Wildman–Crippen MR) is 62.7 cm³/mol. The molecule has 0 spiro atoms. The second-order valence-electron chi connectivity index (χ2n) is 4.05. The maximum atomic E-state index is 5.84. The highest BCUT2D eigenvalue weighted by Gasteiger charge is 2.17. The summed E-state index contributed by atoms with van der Waals surface area (Å²) >= 11 is 5.84. The van der Waals surface area contributed by atoms with Crippen molar-refractivity contribution in [1.82, 2.24) is 10.2 Å². The minimum atomic E-state index is 0.664. The molecule has 2 nitrogen and oxygen atoms in total. The molecule has 1 aliphatic heterocycles. The van der Waals surface area contributed by atoms with Gasteiger partial charge in [0, 0.05) is 24.2 Å². The van der Waals surface area contributed by atoms with Crippen LogP contribution in [-0.2, 0) is 0 Å². The topological polar surface area (TPSA) is 15.3 Å². The zero-order valence-corrected chi connectivity index (χ0v) is 9.82. The minimum absolute atomic E-state index is 0.664. The third kappa shape index (κ3) is 4.45. The van der Waals surface area contributed by atoms with Crippen LogP contribution >= 0.6 is 11.6 Å². The number of halogens is 1. The van der Waals surface area contributed by atoms with Gasteiger partial charge in [-0.2, -0.15) is 0 Å². The van der Waals surface area contributed by atoms with Crippen molar-refractivity contribution in [1.29, 1.82) is 0 Å². The Bertz CT molecular complexity index is 176. The summed E-state index contributed by atoms with van der Waals surface area (Å²) in [6.07, 6.45) is 3.79. The highest BCUT2D eigenvalue weighted by atomic mass is 35.5. The second kappa shape index (κ2) is 6.44. The summed E-state index contributed by atoms with van der Waals surface area (Å²) in [5.41, 5.74) is 0. The average molecular weight is 217 g/mol.